The number of aromatic nitrogens is 2. The van der Waals surface area contributed by atoms with Crippen molar-refractivity contribution in [3.05, 3.63) is 4.88 Å². The van der Waals surface area contributed by atoms with Crippen molar-refractivity contribution >= 4 is 44.9 Å². The molecule has 2 aromatic heterocycles. The van der Waals surface area contributed by atoms with Crippen LogP contribution in [0, 0.1) is 0 Å². The lowest BCUT2D eigenvalue weighted by Crippen LogP contribution is -2.36. The zero-order valence-electron chi connectivity index (χ0n) is 12.9. The van der Waals surface area contributed by atoms with Crippen LogP contribution in [0.2, 0.25) is 0 Å². The molecule has 0 saturated carbocycles. The van der Waals surface area contributed by atoms with Gasteiger partial charge in [0.15, 0.2) is 0 Å². The lowest BCUT2D eigenvalue weighted by atomic mass is 10.1. The van der Waals surface area contributed by atoms with E-state index in [2.05, 4.69) is 15.3 Å². The van der Waals surface area contributed by atoms with Gasteiger partial charge in [-0.2, -0.15) is 4.98 Å². The van der Waals surface area contributed by atoms with Crippen LogP contribution in [0.15, 0.2) is 0 Å². The molecule has 1 fully saturated rings. The quantitative estimate of drug-likeness (QED) is 0.648. The number of anilines is 3. The molecule has 6 N–H and O–H groups in total. The number of nitrogens with one attached hydrogen (secondary N) is 1. The summed E-state index contributed by atoms with van der Waals surface area (Å²) in [6, 6.07) is 0. The van der Waals surface area contributed by atoms with Gasteiger partial charge >= 0.3 is 0 Å². The summed E-state index contributed by atoms with van der Waals surface area (Å²) < 4.78 is 0. The Hall–Kier alpha value is -2.13. The number of nitrogens with zero attached hydrogens (tertiary/aromatic N) is 3. The molecule has 3 heterocycles. The fraction of sp³-hybridized carbons (Fsp3) is 0.500. The predicted octanol–water partition coefficient (Wildman–Crippen LogP) is 0.765. The van der Waals surface area contributed by atoms with Crippen LogP contribution >= 0.6 is 11.3 Å². The largest absolute Gasteiger partial charge is 0.397 e. The molecule has 9 heteroatoms. The monoisotopic (exact) mass is 336 g/mol. The first-order valence-corrected chi connectivity index (χ1v) is 8.39. The van der Waals surface area contributed by atoms with Crippen molar-refractivity contribution in [3.8, 4) is 0 Å². The highest BCUT2D eigenvalue weighted by atomic mass is 32.1. The molecule has 1 aliphatic rings. The highest BCUT2D eigenvalue weighted by molar-refractivity contribution is 7.21. The van der Waals surface area contributed by atoms with Gasteiger partial charge in [0, 0.05) is 19.6 Å². The van der Waals surface area contributed by atoms with Gasteiger partial charge in [-0.05, 0) is 19.8 Å². The summed E-state index contributed by atoms with van der Waals surface area (Å²) in [5, 5.41) is 13.5. The lowest BCUT2D eigenvalue weighted by Gasteiger charge is -2.29. The SMILES string of the molecule is CCNc1nc(N2CCC(O)CC2)nc2sc(C(N)=O)c(N)c12. The summed E-state index contributed by atoms with van der Waals surface area (Å²) in [7, 11) is 0. The Labute approximate surface area is 137 Å². The zero-order valence-corrected chi connectivity index (χ0v) is 13.7. The second kappa shape index (κ2) is 6.17. The number of rotatable bonds is 4. The summed E-state index contributed by atoms with van der Waals surface area (Å²) in [4.78, 5) is 23.6. The normalized spacial score (nSPS) is 16.0. The van der Waals surface area contributed by atoms with E-state index in [1.165, 1.54) is 11.3 Å². The van der Waals surface area contributed by atoms with E-state index >= 15 is 0 Å². The van der Waals surface area contributed by atoms with Crippen LogP contribution in [0.4, 0.5) is 17.5 Å². The molecule has 0 radical (unpaired) electrons. The van der Waals surface area contributed by atoms with E-state index in [0.717, 1.165) is 0 Å². The molecule has 0 aromatic carbocycles. The van der Waals surface area contributed by atoms with E-state index in [1.807, 2.05) is 11.8 Å². The Morgan fingerprint density at radius 1 is 1.43 bits per heavy atom. The maximum Gasteiger partial charge on any atom is 0.260 e. The van der Waals surface area contributed by atoms with Crippen LogP contribution in [-0.2, 0) is 0 Å². The van der Waals surface area contributed by atoms with Crippen molar-refractivity contribution < 1.29 is 9.90 Å². The number of primary amides is 1. The number of piperidine rings is 1. The molecule has 2 aromatic rings. The predicted molar refractivity (Wildman–Crippen MR) is 92.0 cm³/mol. The number of carbonyl (C=O) groups is 1. The second-order valence-corrected chi connectivity index (χ2v) is 6.51. The maximum absolute atomic E-state index is 11.5. The Bertz CT molecular complexity index is 738. The third-order valence-corrected chi connectivity index (χ3v) is 5.01. The number of amides is 1. The fourth-order valence-electron chi connectivity index (χ4n) is 2.70. The molecule has 23 heavy (non-hydrogen) atoms. The minimum Gasteiger partial charge on any atom is -0.397 e. The molecule has 0 spiro atoms. The molecule has 1 aliphatic heterocycles. The fourth-order valence-corrected chi connectivity index (χ4v) is 3.64. The van der Waals surface area contributed by atoms with Gasteiger partial charge in [0.25, 0.3) is 5.91 Å². The van der Waals surface area contributed by atoms with Crippen LogP contribution in [0.5, 0.6) is 0 Å². The number of nitrogens with two attached hydrogens (primary N) is 2. The number of aliphatic hydroxyl groups is 1. The number of thiophene rings is 1. The second-order valence-electron chi connectivity index (χ2n) is 5.51. The van der Waals surface area contributed by atoms with Crippen LogP contribution in [-0.4, -0.2) is 46.7 Å². The molecule has 1 amide bonds. The first-order chi connectivity index (χ1) is 11.0. The molecule has 0 bridgehead atoms. The van der Waals surface area contributed by atoms with E-state index in [1.54, 1.807) is 0 Å². The van der Waals surface area contributed by atoms with Crippen molar-refractivity contribution in [1.82, 2.24) is 9.97 Å². The molecule has 0 atom stereocenters. The van der Waals surface area contributed by atoms with Gasteiger partial charge in [-0.15, -0.1) is 11.3 Å². The summed E-state index contributed by atoms with van der Waals surface area (Å²) in [6.07, 6.45) is 1.12. The average Bonchev–Trinajstić information content (AvgIpc) is 2.86. The summed E-state index contributed by atoms with van der Waals surface area (Å²) in [5.41, 5.74) is 11.8. The van der Waals surface area contributed by atoms with E-state index in [0.29, 0.717) is 65.0 Å². The summed E-state index contributed by atoms with van der Waals surface area (Å²) >= 11 is 1.18. The summed E-state index contributed by atoms with van der Waals surface area (Å²) in [5.74, 6) is 0.632. The number of fused-ring (bicyclic) bond motifs is 1. The third-order valence-electron chi connectivity index (χ3n) is 3.89. The number of hydrogen-bond donors (Lipinski definition) is 4. The van der Waals surface area contributed by atoms with Gasteiger partial charge < -0.3 is 26.8 Å². The van der Waals surface area contributed by atoms with Crippen molar-refractivity contribution in [2.75, 3.05) is 35.6 Å². The van der Waals surface area contributed by atoms with Gasteiger partial charge in [-0.1, -0.05) is 0 Å². The van der Waals surface area contributed by atoms with Gasteiger partial charge in [0.05, 0.1) is 17.2 Å². The molecule has 124 valence electrons. The van der Waals surface area contributed by atoms with Gasteiger partial charge in [0.2, 0.25) is 5.95 Å². The Morgan fingerprint density at radius 3 is 2.74 bits per heavy atom. The molecule has 0 unspecified atom stereocenters. The standard InChI is InChI=1S/C14H20N6O2S/c1-2-17-12-8-9(15)10(11(16)22)23-13(8)19-14(18-12)20-5-3-7(21)4-6-20/h7,21H,2-6,15H2,1H3,(H2,16,22)(H,17,18,19). The zero-order chi connectivity index (χ0) is 16.6. The smallest absolute Gasteiger partial charge is 0.260 e. The van der Waals surface area contributed by atoms with Crippen LogP contribution in [0.1, 0.15) is 29.4 Å². The van der Waals surface area contributed by atoms with E-state index < -0.39 is 5.91 Å². The molecule has 8 nitrogen and oxygen atoms in total. The molecule has 0 aliphatic carbocycles. The minimum absolute atomic E-state index is 0.262. The minimum atomic E-state index is -0.560. The lowest BCUT2D eigenvalue weighted by molar-refractivity contribution is 0.100. The van der Waals surface area contributed by atoms with Crippen molar-refractivity contribution in [3.63, 3.8) is 0 Å². The first-order valence-electron chi connectivity index (χ1n) is 7.58. The highest BCUT2D eigenvalue weighted by Gasteiger charge is 2.24. The Kier molecular flexibility index (Phi) is 4.22. The number of nitrogen functional groups attached to an aromatic ring is 1. The van der Waals surface area contributed by atoms with E-state index in [-0.39, 0.29) is 6.10 Å². The molecular weight excluding hydrogens is 316 g/mol. The van der Waals surface area contributed by atoms with Crippen molar-refractivity contribution in [2.45, 2.75) is 25.9 Å². The topological polar surface area (TPSA) is 130 Å². The van der Waals surface area contributed by atoms with Crippen LogP contribution < -0.4 is 21.7 Å². The molecule has 1 saturated heterocycles. The maximum atomic E-state index is 11.5. The van der Waals surface area contributed by atoms with Crippen LogP contribution in [0.25, 0.3) is 10.2 Å². The van der Waals surface area contributed by atoms with E-state index in [9.17, 15) is 9.90 Å². The van der Waals surface area contributed by atoms with Gasteiger partial charge in [-0.25, -0.2) is 4.98 Å². The van der Waals surface area contributed by atoms with E-state index in [4.69, 9.17) is 11.5 Å². The average molecular weight is 336 g/mol. The Morgan fingerprint density at radius 2 is 2.13 bits per heavy atom. The molecular formula is C14H20N6O2S. The number of hydrogen-bond acceptors (Lipinski definition) is 8. The van der Waals surface area contributed by atoms with Gasteiger partial charge in [-0.3, -0.25) is 4.79 Å². The van der Waals surface area contributed by atoms with Gasteiger partial charge in [0.1, 0.15) is 15.5 Å². The van der Waals surface area contributed by atoms with Crippen molar-refractivity contribution in [1.29, 1.82) is 0 Å². The van der Waals surface area contributed by atoms with Crippen molar-refractivity contribution in [2.24, 2.45) is 5.73 Å². The number of aliphatic hydroxyl groups excluding tert-OH is 1. The third kappa shape index (κ3) is 2.89. The Balaban J connectivity index is 2.08. The molecule has 3 rings (SSSR count). The summed E-state index contributed by atoms with van der Waals surface area (Å²) in [6.45, 7) is 4.03. The van der Waals surface area contributed by atoms with Crippen LogP contribution in [0.3, 0.4) is 0 Å². The number of carbonyl (C=O) groups excluding carboxylic acids is 1. The highest BCUT2D eigenvalue weighted by Crippen LogP contribution is 2.37. The first kappa shape index (κ1) is 15.8.